The highest BCUT2D eigenvalue weighted by molar-refractivity contribution is 5.97. The number of hydrogen-bond donors (Lipinski definition) is 0. The van der Waals surface area contributed by atoms with Gasteiger partial charge in [0.2, 0.25) is 0 Å². The summed E-state index contributed by atoms with van der Waals surface area (Å²) in [6, 6.07) is 37.1. The standard InChI is InChI=1S/C35H26O/c1-3-12-25(13-4-1)33(26-14-5-2-6-15-26)28-17-9-16-27(23-28)30-19-10-20-31-34-29-18-8-7-11-24(29)21-22-32(34)36-35(30)31/h1-24,29,33H. The molecule has 0 N–H and O–H groups in total. The lowest BCUT2D eigenvalue weighted by Gasteiger charge is -2.24. The summed E-state index contributed by atoms with van der Waals surface area (Å²) in [5, 5.41) is 1.22. The average Bonchev–Trinajstić information content (AvgIpc) is 3.34. The minimum absolute atomic E-state index is 0.166. The van der Waals surface area contributed by atoms with Gasteiger partial charge in [0.25, 0.3) is 0 Å². The third kappa shape index (κ3) is 3.48. The zero-order valence-corrected chi connectivity index (χ0v) is 19.9. The molecule has 1 nitrogen and oxygen atoms in total. The molecule has 5 aromatic rings. The van der Waals surface area contributed by atoms with Gasteiger partial charge in [0, 0.05) is 34.3 Å². The minimum atomic E-state index is 0.166. The Labute approximate surface area is 211 Å². The van der Waals surface area contributed by atoms with E-state index in [1.54, 1.807) is 0 Å². The van der Waals surface area contributed by atoms with Gasteiger partial charge in [-0.2, -0.15) is 0 Å². The van der Waals surface area contributed by atoms with E-state index in [0.29, 0.717) is 11.8 Å². The van der Waals surface area contributed by atoms with Crippen LogP contribution in [0.4, 0.5) is 0 Å². The van der Waals surface area contributed by atoms with E-state index in [2.05, 4.69) is 140 Å². The van der Waals surface area contributed by atoms with Crippen molar-refractivity contribution in [3.8, 4) is 11.1 Å². The van der Waals surface area contributed by atoms with Gasteiger partial charge < -0.3 is 4.42 Å². The van der Waals surface area contributed by atoms with Crippen LogP contribution < -0.4 is 0 Å². The maximum absolute atomic E-state index is 6.55. The van der Waals surface area contributed by atoms with Crippen molar-refractivity contribution in [1.82, 2.24) is 0 Å². The van der Waals surface area contributed by atoms with Gasteiger partial charge in [-0.15, -0.1) is 0 Å². The molecule has 1 aromatic heterocycles. The van der Waals surface area contributed by atoms with E-state index in [4.69, 9.17) is 4.42 Å². The van der Waals surface area contributed by atoms with Crippen LogP contribution in [0.2, 0.25) is 0 Å². The molecule has 1 heteroatoms. The highest BCUT2D eigenvalue weighted by atomic mass is 16.3. The maximum atomic E-state index is 6.55. The molecular weight excluding hydrogens is 436 g/mol. The Morgan fingerprint density at radius 2 is 1.31 bits per heavy atom. The van der Waals surface area contributed by atoms with Gasteiger partial charge in [0.05, 0.1) is 0 Å². The van der Waals surface area contributed by atoms with Crippen LogP contribution in [0, 0.1) is 5.92 Å². The highest BCUT2D eigenvalue weighted by Gasteiger charge is 2.29. The van der Waals surface area contributed by atoms with E-state index in [1.165, 1.54) is 33.2 Å². The predicted octanol–water partition coefficient (Wildman–Crippen LogP) is 9.13. The molecule has 7 rings (SSSR count). The van der Waals surface area contributed by atoms with E-state index < -0.39 is 0 Å². The monoisotopic (exact) mass is 462 g/mol. The quantitative estimate of drug-likeness (QED) is 0.243. The van der Waals surface area contributed by atoms with Crippen molar-refractivity contribution in [3.63, 3.8) is 0 Å². The molecule has 4 aromatic carbocycles. The fourth-order valence-corrected chi connectivity index (χ4v) is 5.90. The largest absolute Gasteiger partial charge is 0.456 e. The van der Waals surface area contributed by atoms with Gasteiger partial charge in [-0.3, -0.25) is 0 Å². The number of hydrogen-bond acceptors (Lipinski definition) is 1. The molecule has 0 spiro atoms. The van der Waals surface area contributed by atoms with E-state index in [0.717, 1.165) is 16.9 Å². The second-order valence-electron chi connectivity index (χ2n) is 9.67. The molecule has 0 radical (unpaired) electrons. The van der Waals surface area contributed by atoms with Crippen LogP contribution in [0.1, 0.15) is 39.8 Å². The number of para-hydroxylation sites is 1. The summed E-state index contributed by atoms with van der Waals surface area (Å²) in [5.74, 6) is 1.88. The molecule has 2 aliphatic carbocycles. The van der Waals surface area contributed by atoms with Gasteiger partial charge in [0.15, 0.2) is 0 Å². The van der Waals surface area contributed by atoms with Gasteiger partial charge >= 0.3 is 0 Å². The summed E-state index contributed by atoms with van der Waals surface area (Å²) < 4.78 is 6.55. The lowest BCUT2D eigenvalue weighted by Crippen LogP contribution is -2.12. The van der Waals surface area contributed by atoms with Gasteiger partial charge in [-0.1, -0.05) is 134 Å². The molecule has 2 aliphatic rings. The molecule has 0 amide bonds. The summed E-state index contributed by atoms with van der Waals surface area (Å²) >= 11 is 0. The number of rotatable bonds is 4. The maximum Gasteiger partial charge on any atom is 0.142 e. The molecular formula is C35H26O. The van der Waals surface area contributed by atoms with Crippen molar-refractivity contribution >= 4 is 17.0 Å². The summed E-state index contributed by atoms with van der Waals surface area (Å²) in [7, 11) is 0. The lowest BCUT2D eigenvalue weighted by molar-refractivity contribution is 0.579. The van der Waals surface area contributed by atoms with Crippen LogP contribution in [0.25, 0.3) is 28.2 Å². The lowest BCUT2D eigenvalue weighted by atomic mass is 9.78. The van der Waals surface area contributed by atoms with Crippen LogP contribution >= 0.6 is 0 Å². The second kappa shape index (κ2) is 8.70. The summed E-state index contributed by atoms with van der Waals surface area (Å²) in [5.41, 5.74) is 8.47. The molecule has 2 atom stereocenters. The first-order valence-electron chi connectivity index (χ1n) is 12.7. The zero-order valence-electron chi connectivity index (χ0n) is 19.9. The fourth-order valence-electron chi connectivity index (χ4n) is 5.90. The first-order chi connectivity index (χ1) is 17.9. The summed E-state index contributed by atoms with van der Waals surface area (Å²) in [6.07, 6.45) is 13.3. The molecule has 0 aliphatic heterocycles. The first-order valence-corrected chi connectivity index (χ1v) is 12.7. The van der Waals surface area contributed by atoms with E-state index in [1.807, 2.05) is 0 Å². The molecule has 0 saturated heterocycles. The molecule has 2 unspecified atom stereocenters. The number of allylic oxidation sites excluding steroid dienone is 5. The van der Waals surface area contributed by atoms with Crippen LogP contribution in [0.3, 0.4) is 0 Å². The Kier molecular flexibility index (Phi) is 5.06. The highest BCUT2D eigenvalue weighted by Crippen LogP contribution is 2.45. The Morgan fingerprint density at radius 3 is 2.08 bits per heavy atom. The fraction of sp³-hybridized carbons (Fsp3) is 0.0857. The normalized spacial score (nSPS) is 17.9. The van der Waals surface area contributed by atoms with Crippen LogP contribution in [-0.4, -0.2) is 0 Å². The molecule has 172 valence electrons. The Morgan fingerprint density at radius 1 is 0.611 bits per heavy atom. The topological polar surface area (TPSA) is 13.1 Å². The Bertz CT molecular complexity index is 1590. The van der Waals surface area contributed by atoms with E-state index >= 15 is 0 Å². The predicted molar refractivity (Wildman–Crippen MR) is 149 cm³/mol. The Balaban J connectivity index is 1.37. The third-order valence-corrected chi connectivity index (χ3v) is 7.56. The van der Waals surface area contributed by atoms with E-state index in [9.17, 15) is 0 Å². The van der Waals surface area contributed by atoms with Crippen molar-refractivity contribution in [2.45, 2.75) is 11.8 Å². The van der Waals surface area contributed by atoms with Gasteiger partial charge in [-0.25, -0.2) is 0 Å². The number of furan rings is 1. The molecule has 36 heavy (non-hydrogen) atoms. The summed E-state index contributed by atoms with van der Waals surface area (Å²) in [6.45, 7) is 0. The summed E-state index contributed by atoms with van der Waals surface area (Å²) in [4.78, 5) is 0. The molecule has 0 bridgehead atoms. The van der Waals surface area contributed by atoms with Gasteiger partial charge in [0.1, 0.15) is 11.3 Å². The van der Waals surface area contributed by atoms with Crippen molar-refractivity contribution in [3.05, 3.63) is 162 Å². The minimum Gasteiger partial charge on any atom is -0.456 e. The second-order valence-corrected chi connectivity index (χ2v) is 9.67. The number of benzene rings is 4. The van der Waals surface area contributed by atoms with E-state index in [-0.39, 0.29) is 5.92 Å². The van der Waals surface area contributed by atoms with Crippen molar-refractivity contribution in [2.75, 3.05) is 0 Å². The molecule has 1 heterocycles. The van der Waals surface area contributed by atoms with Crippen LogP contribution in [-0.2, 0) is 0 Å². The van der Waals surface area contributed by atoms with Crippen molar-refractivity contribution in [2.24, 2.45) is 5.92 Å². The third-order valence-electron chi connectivity index (χ3n) is 7.56. The van der Waals surface area contributed by atoms with Crippen LogP contribution in [0.15, 0.2) is 138 Å². The van der Waals surface area contributed by atoms with Crippen molar-refractivity contribution < 1.29 is 4.42 Å². The average molecular weight is 463 g/mol. The smallest absolute Gasteiger partial charge is 0.142 e. The molecule has 0 fully saturated rings. The van der Waals surface area contributed by atoms with Gasteiger partial charge in [-0.05, 0) is 28.3 Å². The zero-order chi connectivity index (χ0) is 23.9. The van der Waals surface area contributed by atoms with Crippen molar-refractivity contribution in [1.29, 1.82) is 0 Å². The van der Waals surface area contributed by atoms with Crippen LogP contribution in [0.5, 0.6) is 0 Å². The first kappa shape index (κ1) is 21.0. The molecule has 0 saturated carbocycles. The SMILES string of the molecule is C1=CC2C=Cc3oc4c(-c5cccc(C(c6ccccc6)c6ccccc6)c5)cccc4c3C2C=C1. The number of fused-ring (bicyclic) bond motifs is 5. The Hall–Kier alpha value is -4.36.